The van der Waals surface area contributed by atoms with Gasteiger partial charge in [-0.3, -0.25) is 9.59 Å². The molecule has 0 atom stereocenters. The Bertz CT molecular complexity index is 927. The van der Waals surface area contributed by atoms with Gasteiger partial charge >= 0.3 is 0 Å². The van der Waals surface area contributed by atoms with Gasteiger partial charge in [-0.15, -0.1) is 0 Å². The molecule has 0 spiro atoms. The van der Waals surface area contributed by atoms with Crippen LogP contribution in [0.1, 0.15) is 22.8 Å². The van der Waals surface area contributed by atoms with E-state index in [9.17, 15) is 9.59 Å². The number of rotatable bonds is 1. The van der Waals surface area contributed by atoms with Crippen LogP contribution >= 0.6 is 11.5 Å². The minimum atomic E-state index is -0.196. The molecule has 1 aliphatic carbocycles. The summed E-state index contributed by atoms with van der Waals surface area (Å²) in [5.74, 6) is -0.258. The predicted octanol–water partition coefficient (Wildman–Crippen LogP) is 3.47. The predicted molar refractivity (Wildman–Crippen MR) is 82.8 cm³/mol. The standard InChI is InChI=1S/C16H10N2O2S/c1-8(19)17-11-6-2-4-9-13(11)16(20)10-5-3-7-12-14(10)15(9)18-21-12/h2-7H,1H3,(H,17,19). The normalized spacial score (nSPS) is 12.3. The van der Waals surface area contributed by atoms with Gasteiger partial charge in [0.05, 0.1) is 21.6 Å². The molecular formula is C16H10N2O2S. The van der Waals surface area contributed by atoms with E-state index in [1.807, 2.05) is 30.3 Å². The number of fused-ring (bicyclic) bond motifs is 2. The highest BCUT2D eigenvalue weighted by molar-refractivity contribution is 7.13. The molecule has 4 rings (SSSR count). The fraction of sp³-hybridized carbons (Fsp3) is 0.0625. The number of hydrogen-bond donors (Lipinski definition) is 1. The highest BCUT2D eigenvalue weighted by Crippen LogP contribution is 2.42. The van der Waals surface area contributed by atoms with Crippen LogP contribution in [-0.2, 0) is 4.79 Å². The maximum Gasteiger partial charge on any atom is 0.221 e. The highest BCUT2D eigenvalue weighted by Gasteiger charge is 2.29. The third-order valence-electron chi connectivity index (χ3n) is 3.60. The van der Waals surface area contributed by atoms with E-state index in [1.165, 1.54) is 18.5 Å². The summed E-state index contributed by atoms with van der Waals surface area (Å²) < 4.78 is 5.50. The summed E-state index contributed by atoms with van der Waals surface area (Å²) in [6.45, 7) is 1.43. The lowest BCUT2D eigenvalue weighted by atomic mass is 9.86. The summed E-state index contributed by atoms with van der Waals surface area (Å²) in [7, 11) is 0. The number of nitrogens with zero attached hydrogens (tertiary/aromatic N) is 1. The van der Waals surface area contributed by atoms with Crippen molar-refractivity contribution in [2.45, 2.75) is 6.92 Å². The van der Waals surface area contributed by atoms with Crippen molar-refractivity contribution >= 4 is 39.0 Å². The van der Waals surface area contributed by atoms with Gasteiger partial charge in [-0.05, 0) is 23.7 Å². The molecule has 0 aliphatic heterocycles. The SMILES string of the molecule is CC(=O)Nc1cccc2c1C(=O)c1cccc3snc-2c13. The van der Waals surface area contributed by atoms with Crippen molar-refractivity contribution in [3.05, 3.63) is 47.5 Å². The van der Waals surface area contributed by atoms with Crippen LogP contribution in [0.15, 0.2) is 36.4 Å². The topological polar surface area (TPSA) is 59.1 Å². The van der Waals surface area contributed by atoms with E-state index in [4.69, 9.17) is 0 Å². The van der Waals surface area contributed by atoms with Gasteiger partial charge in [0.1, 0.15) is 0 Å². The molecule has 5 heteroatoms. The lowest BCUT2D eigenvalue weighted by Crippen LogP contribution is -2.15. The fourth-order valence-corrected chi connectivity index (χ4v) is 3.60. The van der Waals surface area contributed by atoms with E-state index >= 15 is 0 Å². The van der Waals surface area contributed by atoms with Gasteiger partial charge in [0.25, 0.3) is 0 Å². The Kier molecular flexibility index (Phi) is 2.46. The Hall–Kier alpha value is -2.53. The quantitative estimate of drug-likeness (QED) is 0.585. The van der Waals surface area contributed by atoms with Crippen LogP contribution in [0, 0.1) is 0 Å². The van der Waals surface area contributed by atoms with E-state index < -0.39 is 0 Å². The summed E-state index contributed by atoms with van der Waals surface area (Å²) >= 11 is 1.39. The molecule has 0 unspecified atom stereocenters. The fourth-order valence-electron chi connectivity index (χ4n) is 2.79. The molecular weight excluding hydrogens is 284 g/mol. The van der Waals surface area contributed by atoms with Crippen molar-refractivity contribution in [3.63, 3.8) is 0 Å². The first-order valence-corrected chi connectivity index (χ1v) is 7.28. The van der Waals surface area contributed by atoms with Gasteiger partial charge in [-0.2, -0.15) is 4.37 Å². The van der Waals surface area contributed by atoms with Crippen molar-refractivity contribution in [2.24, 2.45) is 0 Å². The van der Waals surface area contributed by atoms with E-state index in [1.54, 1.807) is 6.07 Å². The number of amides is 1. The minimum absolute atomic E-state index is 0.0624. The average molecular weight is 294 g/mol. The first kappa shape index (κ1) is 12.2. The van der Waals surface area contributed by atoms with Crippen LogP contribution in [0.4, 0.5) is 5.69 Å². The zero-order valence-corrected chi connectivity index (χ0v) is 12.0. The van der Waals surface area contributed by atoms with Gasteiger partial charge in [0.15, 0.2) is 5.78 Å². The molecule has 3 aromatic rings. The zero-order chi connectivity index (χ0) is 14.6. The van der Waals surface area contributed by atoms with Crippen LogP contribution in [0.3, 0.4) is 0 Å². The van der Waals surface area contributed by atoms with Crippen molar-refractivity contribution in [1.82, 2.24) is 4.37 Å². The first-order valence-electron chi connectivity index (χ1n) is 6.51. The molecule has 102 valence electrons. The highest BCUT2D eigenvalue weighted by atomic mass is 32.1. The first-order chi connectivity index (χ1) is 10.2. The van der Waals surface area contributed by atoms with Gasteiger partial charge in [-0.25, -0.2) is 0 Å². The molecule has 0 bridgehead atoms. The molecule has 0 saturated heterocycles. The van der Waals surface area contributed by atoms with Crippen molar-refractivity contribution < 1.29 is 9.59 Å². The number of carbonyl (C=O) groups is 2. The van der Waals surface area contributed by atoms with Crippen molar-refractivity contribution in [1.29, 1.82) is 0 Å². The molecule has 4 nitrogen and oxygen atoms in total. The number of nitrogens with one attached hydrogen (secondary N) is 1. The number of hydrogen-bond acceptors (Lipinski definition) is 4. The number of ketones is 1. The summed E-state index contributed by atoms with van der Waals surface area (Å²) in [6, 6.07) is 11.1. The Morgan fingerprint density at radius 2 is 1.90 bits per heavy atom. The smallest absolute Gasteiger partial charge is 0.221 e. The lowest BCUT2D eigenvalue weighted by Gasteiger charge is -2.18. The molecule has 0 radical (unpaired) electrons. The molecule has 1 aliphatic rings. The van der Waals surface area contributed by atoms with E-state index in [2.05, 4.69) is 9.69 Å². The van der Waals surface area contributed by atoms with Crippen LogP contribution in [0.5, 0.6) is 0 Å². The molecule has 1 N–H and O–H groups in total. The summed E-state index contributed by atoms with van der Waals surface area (Å²) in [5.41, 5.74) is 3.34. The Morgan fingerprint density at radius 1 is 1.14 bits per heavy atom. The summed E-state index contributed by atoms with van der Waals surface area (Å²) in [6.07, 6.45) is 0. The van der Waals surface area contributed by atoms with Crippen LogP contribution < -0.4 is 5.32 Å². The summed E-state index contributed by atoms with van der Waals surface area (Å²) in [4.78, 5) is 24.2. The molecule has 0 saturated carbocycles. The van der Waals surface area contributed by atoms with Crippen LogP contribution in [-0.4, -0.2) is 16.1 Å². The minimum Gasteiger partial charge on any atom is -0.326 e. The maximum atomic E-state index is 12.8. The lowest BCUT2D eigenvalue weighted by molar-refractivity contribution is -0.114. The molecule has 2 aromatic carbocycles. The van der Waals surface area contributed by atoms with E-state index in [0.717, 1.165) is 21.3 Å². The van der Waals surface area contributed by atoms with Crippen LogP contribution in [0.2, 0.25) is 0 Å². The van der Waals surface area contributed by atoms with Gasteiger partial charge < -0.3 is 5.32 Å². The number of aromatic nitrogens is 1. The van der Waals surface area contributed by atoms with E-state index in [0.29, 0.717) is 16.8 Å². The second kappa shape index (κ2) is 4.23. The zero-order valence-electron chi connectivity index (χ0n) is 11.1. The Morgan fingerprint density at radius 3 is 2.71 bits per heavy atom. The third kappa shape index (κ3) is 1.64. The number of anilines is 1. The average Bonchev–Trinajstić information content (AvgIpc) is 2.89. The van der Waals surface area contributed by atoms with Gasteiger partial charge in [0, 0.05) is 23.4 Å². The molecule has 0 fully saturated rings. The largest absolute Gasteiger partial charge is 0.326 e. The van der Waals surface area contributed by atoms with Gasteiger partial charge in [-0.1, -0.05) is 24.3 Å². The molecule has 1 aromatic heterocycles. The second-order valence-electron chi connectivity index (χ2n) is 4.95. The van der Waals surface area contributed by atoms with Gasteiger partial charge in [0.2, 0.25) is 5.91 Å². The van der Waals surface area contributed by atoms with E-state index in [-0.39, 0.29) is 11.7 Å². The molecule has 21 heavy (non-hydrogen) atoms. The third-order valence-corrected chi connectivity index (χ3v) is 4.41. The molecule has 1 heterocycles. The Labute approximate surface area is 124 Å². The summed E-state index contributed by atoms with van der Waals surface area (Å²) in [5, 5.41) is 3.65. The monoisotopic (exact) mass is 294 g/mol. The molecule has 1 amide bonds. The van der Waals surface area contributed by atoms with Crippen molar-refractivity contribution in [3.8, 4) is 11.3 Å². The Balaban J connectivity index is 2.09. The second-order valence-corrected chi connectivity index (χ2v) is 5.75. The van der Waals surface area contributed by atoms with Crippen molar-refractivity contribution in [2.75, 3.05) is 5.32 Å². The maximum absolute atomic E-state index is 12.8. The number of carbonyl (C=O) groups excluding carboxylic acids is 2. The number of benzene rings is 2. The van der Waals surface area contributed by atoms with Crippen LogP contribution in [0.25, 0.3) is 21.3 Å².